The minimum Gasteiger partial charge on any atom is -1.00 e. The number of anilines is 1. The van der Waals surface area contributed by atoms with E-state index < -0.39 is 0 Å². The summed E-state index contributed by atoms with van der Waals surface area (Å²) in [6, 6.07) is 17.2. The second-order valence-corrected chi connectivity index (χ2v) is 3.93. The summed E-state index contributed by atoms with van der Waals surface area (Å²) in [6.45, 7) is 1.29. The quantitative estimate of drug-likeness (QED) is 0.603. The van der Waals surface area contributed by atoms with Crippen LogP contribution in [0.15, 0.2) is 54.6 Å². The molecule has 0 amide bonds. The smallest absolute Gasteiger partial charge is 0.119 e. The predicted octanol–water partition coefficient (Wildman–Crippen LogP) is 0.121. The SMILES string of the molecule is Nc1ccc(OCCCOc2ccccc2)cc1.[Cl-]. The first kappa shape index (κ1) is 15.2. The molecule has 0 aliphatic heterocycles. The lowest BCUT2D eigenvalue weighted by Crippen LogP contribution is -3.00. The number of ether oxygens (including phenoxy) is 2. The van der Waals surface area contributed by atoms with Crippen LogP contribution in [-0.4, -0.2) is 13.2 Å². The highest BCUT2D eigenvalue weighted by Gasteiger charge is 1.95. The van der Waals surface area contributed by atoms with Gasteiger partial charge in [-0.15, -0.1) is 0 Å². The number of hydrogen-bond acceptors (Lipinski definition) is 3. The number of nitrogens with two attached hydrogens (primary N) is 1. The van der Waals surface area contributed by atoms with Gasteiger partial charge in [-0.3, -0.25) is 0 Å². The van der Waals surface area contributed by atoms with E-state index in [1.165, 1.54) is 0 Å². The molecule has 0 aliphatic rings. The summed E-state index contributed by atoms with van der Waals surface area (Å²) in [5.74, 6) is 1.73. The molecule has 0 bridgehead atoms. The minimum absolute atomic E-state index is 0. The predicted molar refractivity (Wildman–Crippen MR) is 72.9 cm³/mol. The monoisotopic (exact) mass is 278 g/mol. The van der Waals surface area contributed by atoms with E-state index in [-0.39, 0.29) is 12.4 Å². The van der Waals surface area contributed by atoms with E-state index in [0.717, 1.165) is 23.6 Å². The first-order valence-corrected chi connectivity index (χ1v) is 6.01. The van der Waals surface area contributed by atoms with E-state index in [2.05, 4.69) is 0 Å². The lowest BCUT2D eigenvalue weighted by atomic mass is 10.3. The Morgan fingerprint density at radius 1 is 0.737 bits per heavy atom. The fraction of sp³-hybridized carbons (Fsp3) is 0.200. The number of benzene rings is 2. The molecule has 0 radical (unpaired) electrons. The molecule has 2 N–H and O–H groups in total. The highest BCUT2D eigenvalue weighted by Crippen LogP contribution is 2.13. The summed E-state index contributed by atoms with van der Waals surface area (Å²) >= 11 is 0. The first-order chi connectivity index (χ1) is 8.84. The average Bonchev–Trinajstić information content (AvgIpc) is 2.42. The van der Waals surface area contributed by atoms with Crippen LogP contribution < -0.4 is 27.6 Å². The molecule has 0 saturated carbocycles. The second kappa shape index (κ2) is 8.27. The van der Waals surface area contributed by atoms with Crippen LogP contribution >= 0.6 is 0 Å². The molecule has 2 rings (SSSR count). The van der Waals surface area contributed by atoms with Gasteiger partial charge in [-0.25, -0.2) is 0 Å². The Hall–Kier alpha value is -1.87. The topological polar surface area (TPSA) is 44.5 Å². The maximum absolute atomic E-state index is 5.59. The highest BCUT2D eigenvalue weighted by atomic mass is 35.5. The van der Waals surface area contributed by atoms with Crippen molar-refractivity contribution in [3.63, 3.8) is 0 Å². The Morgan fingerprint density at radius 2 is 1.26 bits per heavy atom. The summed E-state index contributed by atoms with van der Waals surface area (Å²) in [4.78, 5) is 0. The standard InChI is InChI=1S/C15H17NO2.ClH/c16-13-7-9-15(10-8-13)18-12-4-11-17-14-5-2-1-3-6-14;/h1-3,5-10H,4,11-12,16H2;1H/p-1. The summed E-state index contributed by atoms with van der Waals surface area (Å²) in [6.07, 6.45) is 0.846. The molecule has 102 valence electrons. The molecule has 0 spiro atoms. The zero-order valence-corrected chi connectivity index (χ0v) is 11.3. The Morgan fingerprint density at radius 3 is 1.84 bits per heavy atom. The van der Waals surface area contributed by atoms with Crippen molar-refractivity contribution in [3.8, 4) is 11.5 Å². The Labute approximate surface area is 119 Å². The number of rotatable bonds is 6. The number of halogens is 1. The maximum atomic E-state index is 5.59. The molecule has 0 fully saturated rings. The molecule has 0 saturated heterocycles. The van der Waals surface area contributed by atoms with Crippen LogP contribution in [0, 0.1) is 0 Å². The maximum Gasteiger partial charge on any atom is 0.119 e. The lowest BCUT2D eigenvalue weighted by molar-refractivity contribution is -0.00000480. The van der Waals surface area contributed by atoms with Crippen LogP contribution in [0.2, 0.25) is 0 Å². The van der Waals surface area contributed by atoms with Gasteiger partial charge in [-0.05, 0) is 36.4 Å². The van der Waals surface area contributed by atoms with Crippen LogP contribution in [-0.2, 0) is 0 Å². The van der Waals surface area contributed by atoms with Crippen molar-refractivity contribution < 1.29 is 21.9 Å². The summed E-state index contributed by atoms with van der Waals surface area (Å²) in [5, 5.41) is 0. The molecule has 2 aromatic carbocycles. The van der Waals surface area contributed by atoms with Gasteiger partial charge in [0.15, 0.2) is 0 Å². The van der Waals surface area contributed by atoms with E-state index in [4.69, 9.17) is 15.2 Å². The fourth-order valence-corrected chi connectivity index (χ4v) is 1.52. The summed E-state index contributed by atoms with van der Waals surface area (Å²) in [5.41, 5.74) is 6.34. The van der Waals surface area contributed by atoms with Crippen LogP contribution in [0.25, 0.3) is 0 Å². The molecule has 0 heterocycles. The third-order valence-electron chi connectivity index (χ3n) is 2.45. The van der Waals surface area contributed by atoms with Crippen molar-refractivity contribution in [1.82, 2.24) is 0 Å². The highest BCUT2D eigenvalue weighted by molar-refractivity contribution is 5.41. The molecule has 2 aromatic rings. The zero-order valence-electron chi connectivity index (χ0n) is 10.6. The molecule has 0 atom stereocenters. The average molecular weight is 279 g/mol. The van der Waals surface area contributed by atoms with Gasteiger partial charge >= 0.3 is 0 Å². The molecule has 19 heavy (non-hydrogen) atoms. The van der Waals surface area contributed by atoms with E-state index in [1.54, 1.807) is 0 Å². The largest absolute Gasteiger partial charge is 1.00 e. The van der Waals surface area contributed by atoms with Gasteiger partial charge in [-0.1, -0.05) is 18.2 Å². The van der Waals surface area contributed by atoms with Crippen LogP contribution in [0.3, 0.4) is 0 Å². The first-order valence-electron chi connectivity index (χ1n) is 6.01. The normalized spacial score (nSPS) is 9.47. The van der Waals surface area contributed by atoms with Crippen molar-refractivity contribution in [3.05, 3.63) is 54.6 Å². The molecule has 0 aromatic heterocycles. The van der Waals surface area contributed by atoms with E-state index in [1.807, 2.05) is 54.6 Å². The van der Waals surface area contributed by atoms with Gasteiger partial charge in [-0.2, -0.15) is 0 Å². The number of hydrogen-bond donors (Lipinski definition) is 1. The lowest BCUT2D eigenvalue weighted by Gasteiger charge is -2.08. The Balaban J connectivity index is 0.00000180. The van der Waals surface area contributed by atoms with E-state index in [9.17, 15) is 0 Å². The molecule has 0 unspecified atom stereocenters. The van der Waals surface area contributed by atoms with Crippen molar-refractivity contribution in [1.29, 1.82) is 0 Å². The minimum atomic E-state index is 0. The van der Waals surface area contributed by atoms with Gasteiger partial charge in [0.25, 0.3) is 0 Å². The second-order valence-electron chi connectivity index (χ2n) is 3.93. The van der Waals surface area contributed by atoms with Gasteiger partial charge in [0.2, 0.25) is 0 Å². The molecular formula is C15H17ClNO2-. The molecule has 4 heteroatoms. The van der Waals surface area contributed by atoms with Crippen LogP contribution in [0.1, 0.15) is 6.42 Å². The van der Waals surface area contributed by atoms with Gasteiger partial charge in [0.05, 0.1) is 13.2 Å². The van der Waals surface area contributed by atoms with Crippen LogP contribution in [0.4, 0.5) is 5.69 Å². The number of para-hydroxylation sites is 1. The zero-order chi connectivity index (χ0) is 12.6. The van der Waals surface area contributed by atoms with Crippen molar-refractivity contribution >= 4 is 5.69 Å². The molecular weight excluding hydrogens is 262 g/mol. The molecule has 0 aliphatic carbocycles. The van der Waals surface area contributed by atoms with Gasteiger partial charge in [0.1, 0.15) is 11.5 Å². The third-order valence-corrected chi connectivity index (χ3v) is 2.45. The van der Waals surface area contributed by atoms with Crippen molar-refractivity contribution in [2.24, 2.45) is 0 Å². The van der Waals surface area contributed by atoms with E-state index in [0.29, 0.717) is 13.2 Å². The number of nitrogen functional groups attached to an aromatic ring is 1. The Bertz CT molecular complexity index is 459. The van der Waals surface area contributed by atoms with Crippen molar-refractivity contribution in [2.45, 2.75) is 6.42 Å². The van der Waals surface area contributed by atoms with Crippen LogP contribution in [0.5, 0.6) is 11.5 Å². The fourth-order valence-electron chi connectivity index (χ4n) is 1.52. The Kier molecular flexibility index (Phi) is 6.61. The third kappa shape index (κ3) is 5.53. The van der Waals surface area contributed by atoms with Gasteiger partial charge in [0, 0.05) is 12.1 Å². The summed E-state index contributed by atoms with van der Waals surface area (Å²) in [7, 11) is 0. The van der Waals surface area contributed by atoms with Gasteiger partial charge < -0.3 is 27.6 Å². The van der Waals surface area contributed by atoms with Crippen molar-refractivity contribution in [2.75, 3.05) is 18.9 Å². The van der Waals surface area contributed by atoms with E-state index >= 15 is 0 Å². The molecule has 3 nitrogen and oxygen atoms in total. The summed E-state index contributed by atoms with van der Waals surface area (Å²) < 4.78 is 11.1.